The Labute approximate surface area is 366 Å². The highest BCUT2D eigenvalue weighted by Gasteiger charge is 2.25. The van der Waals surface area contributed by atoms with Crippen molar-refractivity contribution in [3.8, 4) is 0 Å². The van der Waals surface area contributed by atoms with Gasteiger partial charge in [-0.15, -0.1) is 0 Å². The standard InChI is InChI=1S/C50H98NO7P/c1-3-5-7-9-11-13-15-17-19-21-22-23-24-25-26-28-30-32-34-36-38-40-42-45-55-47-49(48-57-59(53,54)56-46-44-51)58-50(52)43-41-39-37-35-33-31-29-27-20-18-16-14-12-10-8-6-4-2/h12,14,18,20,49H,3-11,13,15-17,19,21-48,51H2,1-2H3,(H,53,54)/b14-12-,20-18-. The van der Waals surface area contributed by atoms with E-state index in [0.717, 1.165) is 44.9 Å². The number of ether oxygens (including phenoxy) is 2. The van der Waals surface area contributed by atoms with Gasteiger partial charge >= 0.3 is 13.8 Å². The van der Waals surface area contributed by atoms with E-state index in [1.807, 2.05) is 0 Å². The van der Waals surface area contributed by atoms with Crippen molar-refractivity contribution in [2.24, 2.45) is 5.73 Å². The van der Waals surface area contributed by atoms with E-state index < -0.39 is 13.9 Å². The molecule has 0 saturated carbocycles. The van der Waals surface area contributed by atoms with Gasteiger partial charge < -0.3 is 20.1 Å². The van der Waals surface area contributed by atoms with Crippen LogP contribution in [-0.4, -0.2) is 49.9 Å². The zero-order valence-electron chi connectivity index (χ0n) is 39.0. The quantitative estimate of drug-likeness (QED) is 0.0269. The molecule has 0 aliphatic carbocycles. The number of esters is 1. The Morgan fingerprint density at radius 2 is 0.898 bits per heavy atom. The van der Waals surface area contributed by atoms with E-state index in [0.29, 0.717) is 13.0 Å². The predicted octanol–water partition coefficient (Wildman–Crippen LogP) is 15.6. The lowest BCUT2D eigenvalue weighted by Gasteiger charge is -2.20. The van der Waals surface area contributed by atoms with Gasteiger partial charge in [0.25, 0.3) is 0 Å². The molecule has 350 valence electrons. The van der Waals surface area contributed by atoms with Gasteiger partial charge in [0.2, 0.25) is 0 Å². The van der Waals surface area contributed by atoms with Crippen molar-refractivity contribution in [1.29, 1.82) is 0 Å². The van der Waals surface area contributed by atoms with Crippen molar-refractivity contribution in [2.75, 3.05) is 33.0 Å². The highest BCUT2D eigenvalue weighted by atomic mass is 31.2. The van der Waals surface area contributed by atoms with Gasteiger partial charge in [-0.3, -0.25) is 13.8 Å². The first-order valence-corrected chi connectivity index (χ1v) is 26.8. The smallest absolute Gasteiger partial charge is 0.457 e. The second-order valence-corrected chi connectivity index (χ2v) is 18.5. The number of carbonyl (C=O) groups excluding carboxylic acids is 1. The highest BCUT2D eigenvalue weighted by molar-refractivity contribution is 7.47. The summed E-state index contributed by atoms with van der Waals surface area (Å²) in [5.41, 5.74) is 5.39. The van der Waals surface area contributed by atoms with Gasteiger partial charge in [0.15, 0.2) is 0 Å². The van der Waals surface area contributed by atoms with Crippen molar-refractivity contribution in [1.82, 2.24) is 0 Å². The average molecular weight is 856 g/mol. The molecule has 3 N–H and O–H groups in total. The first kappa shape index (κ1) is 58.0. The third-order valence-electron chi connectivity index (χ3n) is 11.1. The van der Waals surface area contributed by atoms with E-state index in [-0.39, 0.29) is 32.3 Å². The van der Waals surface area contributed by atoms with Crippen LogP contribution in [0.4, 0.5) is 0 Å². The maximum absolute atomic E-state index is 12.6. The molecule has 0 heterocycles. The number of carbonyl (C=O) groups is 1. The molecular formula is C50H98NO7P. The Morgan fingerprint density at radius 3 is 1.36 bits per heavy atom. The van der Waals surface area contributed by atoms with Crippen LogP contribution in [-0.2, 0) is 27.9 Å². The Balaban J connectivity index is 3.90. The second-order valence-electron chi connectivity index (χ2n) is 17.0. The van der Waals surface area contributed by atoms with Crippen LogP contribution < -0.4 is 5.73 Å². The molecule has 0 aliphatic rings. The zero-order valence-corrected chi connectivity index (χ0v) is 39.9. The number of hydrogen-bond donors (Lipinski definition) is 2. The summed E-state index contributed by atoms with van der Waals surface area (Å²) in [6.07, 6.45) is 55.0. The molecule has 2 unspecified atom stereocenters. The summed E-state index contributed by atoms with van der Waals surface area (Å²) in [4.78, 5) is 22.6. The van der Waals surface area contributed by atoms with Gasteiger partial charge in [0.1, 0.15) is 6.10 Å². The monoisotopic (exact) mass is 856 g/mol. The van der Waals surface area contributed by atoms with E-state index in [4.69, 9.17) is 24.3 Å². The summed E-state index contributed by atoms with van der Waals surface area (Å²) in [5, 5.41) is 0. The van der Waals surface area contributed by atoms with E-state index in [9.17, 15) is 14.3 Å². The Kier molecular flexibility index (Phi) is 47.2. The summed E-state index contributed by atoms with van der Waals surface area (Å²) in [6.45, 7) is 4.94. The molecule has 0 aromatic rings. The van der Waals surface area contributed by atoms with Crippen LogP contribution in [0.15, 0.2) is 24.3 Å². The van der Waals surface area contributed by atoms with Crippen molar-refractivity contribution >= 4 is 13.8 Å². The minimum atomic E-state index is -4.28. The fraction of sp³-hybridized carbons (Fsp3) is 0.900. The topological polar surface area (TPSA) is 117 Å². The Bertz CT molecular complexity index is 962. The molecule has 0 amide bonds. The Hall–Kier alpha value is -1.02. The number of phosphoric acid groups is 1. The molecule has 0 saturated heterocycles. The van der Waals surface area contributed by atoms with Crippen LogP contribution in [0.25, 0.3) is 0 Å². The van der Waals surface area contributed by atoms with Gasteiger partial charge in [0.05, 0.1) is 19.8 Å². The van der Waals surface area contributed by atoms with Gasteiger partial charge in [-0.1, -0.05) is 224 Å². The van der Waals surface area contributed by atoms with Crippen LogP contribution in [0.2, 0.25) is 0 Å². The molecule has 0 bridgehead atoms. The van der Waals surface area contributed by atoms with Crippen molar-refractivity contribution in [3.63, 3.8) is 0 Å². The summed E-state index contributed by atoms with van der Waals surface area (Å²) >= 11 is 0. The van der Waals surface area contributed by atoms with Gasteiger partial charge in [-0.25, -0.2) is 4.57 Å². The second kappa shape index (κ2) is 48.0. The third-order valence-corrected chi connectivity index (χ3v) is 12.1. The maximum atomic E-state index is 12.6. The summed E-state index contributed by atoms with van der Waals surface area (Å²) in [5.74, 6) is -0.333. The summed E-state index contributed by atoms with van der Waals surface area (Å²) < 4.78 is 33.6. The molecule has 0 aliphatic heterocycles. The van der Waals surface area contributed by atoms with Crippen LogP contribution >= 0.6 is 7.82 Å². The minimum Gasteiger partial charge on any atom is -0.457 e. The highest BCUT2D eigenvalue weighted by Crippen LogP contribution is 2.43. The third kappa shape index (κ3) is 47.9. The normalized spacial score (nSPS) is 13.5. The van der Waals surface area contributed by atoms with Crippen LogP contribution in [0.1, 0.15) is 251 Å². The molecule has 0 fully saturated rings. The number of hydrogen-bond acceptors (Lipinski definition) is 7. The van der Waals surface area contributed by atoms with Crippen molar-refractivity contribution < 1.29 is 32.8 Å². The van der Waals surface area contributed by atoms with Crippen LogP contribution in [0.5, 0.6) is 0 Å². The fourth-order valence-corrected chi connectivity index (χ4v) is 8.15. The molecule has 0 rings (SSSR count). The van der Waals surface area contributed by atoms with E-state index in [1.165, 1.54) is 186 Å². The Morgan fingerprint density at radius 1 is 0.508 bits per heavy atom. The SMILES string of the molecule is CCCCC/C=C\C/C=C\CCCCCCCCCC(=O)OC(COCCCCCCCCCCCCCCCCCCCCCCCCC)COP(=O)(O)OCCN. The predicted molar refractivity (Wildman–Crippen MR) is 252 cm³/mol. The first-order valence-electron chi connectivity index (χ1n) is 25.3. The lowest BCUT2D eigenvalue weighted by molar-refractivity contribution is -0.154. The fourth-order valence-electron chi connectivity index (χ4n) is 7.38. The van der Waals surface area contributed by atoms with Gasteiger partial charge in [-0.2, -0.15) is 0 Å². The largest absolute Gasteiger partial charge is 0.472 e. The summed E-state index contributed by atoms with van der Waals surface area (Å²) in [7, 11) is -4.28. The lowest BCUT2D eigenvalue weighted by Crippen LogP contribution is -2.28. The maximum Gasteiger partial charge on any atom is 0.472 e. The van der Waals surface area contributed by atoms with Gasteiger partial charge in [0, 0.05) is 19.6 Å². The molecule has 0 spiro atoms. The molecular weight excluding hydrogens is 758 g/mol. The molecule has 0 radical (unpaired) electrons. The minimum absolute atomic E-state index is 0.0948. The number of nitrogens with two attached hydrogens (primary N) is 1. The van der Waals surface area contributed by atoms with Gasteiger partial charge in [-0.05, 0) is 44.9 Å². The molecule has 59 heavy (non-hydrogen) atoms. The van der Waals surface area contributed by atoms with Crippen LogP contribution in [0, 0.1) is 0 Å². The lowest BCUT2D eigenvalue weighted by atomic mass is 10.0. The molecule has 9 heteroatoms. The van der Waals surface area contributed by atoms with E-state index in [1.54, 1.807) is 0 Å². The van der Waals surface area contributed by atoms with Crippen LogP contribution in [0.3, 0.4) is 0 Å². The molecule has 0 aromatic heterocycles. The number of phosphoric ester groups is 1. The first-order chi connectivity index (χ1) is 28.9. The molecule has 2 atom stereocenters. The number of rotatable bonds is 49. The molecule has 8 nitrogen and oxygen atoms in total. The average Bonchev–Trinajstić information content (AvgIpc) is 3.23. The van der Waals surface area contributed by atoms with E-state index >= 15 is 0 Å². The summed E-state index contributed by atoms with van der Waals surface area (Å²) in [6, 6.07) is 0. The zero-order chi connectivity index (χ0) is 43.0. The van der Waals surface area contributed by atoms with E-state index in [2.05, 4.69) is 38.2 Å². The van der Waals surface area contributed by atoms with Crippen molar-refractivity contribution in [3.05, 3.63) is 24.3 Å². The molecule has 0 aromatic carbocycles. The van der Waals surface area contributed by atoms with Crippen molar-refractivity contribution in [2.45, 2.75) is 258 Å². The number of unbranched alkanes of at least 4 members (excludes halogenated alkanes) is 32. The number of allylic oxidation sites excluding steroid dienone is 4.